The quantitative estimate of drug-likeness (QED) is 0.310. The van der Waals surface area contributed by atoms with Gasteiger partial charge in [0, 0.05) is 28.2 Å². The zero-order valence-electron chi connectivity index (χ0n) is 19.9. The van der Waals surface area contributed by atoms with E-state index < -0.39 is 23.8 Å². The standard InChI is InChI=1S/C28H21FN6O2.ClH/c29-21-10-4-2-8-19(21)25-20-9-3-6-12-24(20)35(15-18-14-30-16-31-18)28(37)26(33-25)34-27(36)23-13-17-7-1-5-11-22(17)32-23;/h1-14,16,26,32H,15H2,(H,30,31)(H,34,36);1H/t26-;/m1./s1. The fourth-order valence-electron chi connectivity index (χ4n) is 4.49. The maximum absolute atomic E-state index is 15.0. The third-order valence-electron chi connectivity index (χ3n) is 6.26. The van der Waals surface area contributed by atoms with Crippen LogP contribution in [0.2, 0.25) is 0 Å². The number of carbonyl (C=O) groups is 2. The Hall–Kier alpha value is -4.76. The maximum atomic E-state index is 15.0. The van der Waals surface area contributed by atoms with Gasteiger partial charge in [-0.1, -0.05) is 48.5 Å². The van der Waals surface area contributed by atoms with Gasteiger partial charge in [0.15, 0.2) is 0 Å². The highest BCUT2D eigenvalue weighted by Crippen LogP contribution is 2.30. The van der Waals surface area contributed by atoms with Crippen molar-refractivity contribution in [3.63, 3.8) is 0 Å². The maximum Gasteiger partial charge on any atom is 0.272 e. The summed E-state index contributed by atoms with van der Waals surface area (Å²) in [5.41, 5.74) is 3.40. The largest absolute Gasteiger partial charge is 0.351 e. The number of benzodiazepines with no additional fused rings is 1. The zero-order chi connectivity index (χ0) is 25.4. The molecule has 8 nitrogen and oxygen atoms in total. The van der Waals surface area contributed by atoms with Crippen LogP contribution >= 0.6 is 12.4 Å². The number of fused-ring (bicyclic) bond motifs is 2. The lowest BCUT2D eigenvalue weighted by atomic mass is 9.99. The minimum absolute atomic E-state index is 0. The van der Waals surface area contributed by atoms with Gasteiger partial charge in [-0.2, -0.15) is 0 Å². The van der Waals surface area contributed by atoms with Gasteiger partial charge >= 0.3 is 0 Å². The van der Waals surface area contributed by atoms with Gasteiger partial charge in [-0.25, -0.2) is 14.4 Å². The Labute approximate surface area is 223 Å². The Morgan fingerprint density at radius 2 is 1.74 bits per heavy atom. The first-order chi connectivity index (χ1) is 18.1. The van der Waals surface area contributed by atoms with E-state index in [1.54, 1.807) is 54.7 Å². The van der Waals surface area contributed by atoms with Crippen LogP contribution in [-0.2, 0) is 11.3 Å². The fraction of sp³-hybridized carbons (Fsp3) is 0.0714. The number of nitrogens with zero attached hydrogens (tertiary/aromatic N) is 3. The molecule has 3 heterocycles. The van der Waals surface area contributed by atoms with Crippen molar-refractivity contribution in [2.24, 2.45) is 4.99 Å². The molecule has 0 fully saturated rings. The summed E-state index contributed by atoms with van der Waals surface area (Å²) in [6.07, 6.45) is 1.85. The number of halogens is 2. The van der Waals surface area contributed by atoms with Crippen LogP contribution in [-0.4, -0.2) is 38.6 Å². The molecule has 0 saturated heterocycles. The number of hydrogen-bond acceptors (Lipinski definition) is 4. The summed E-state index contributed by atoms with van der Waals surface area (Å²) in [6, 6.07) is 22.6. The van der Waals surface area contributed by atoms with Crippen LogP contribution in [0.5, 0.6) is 0 Å². The van der Waals surface area contributed by atoms with Crippen LogP contribution in [0.3, 0.4) is 0 Å². The number of rotatable bonds is 5. The summed E-state index contributed by atoms with van der Waals surface area (Å²) in [5, 5.41) is 3.62. The van der Waals surface area contributed by atoms with E-state index in [0.717, 1.165) is 10.9 Å². The van der Waals surface area contributed by atoms with E-state index in [-0.39, 0.29) is 30.2 Å². The molecule has 0 spiro atoms. The first-order valence-electron chi connectivity index (χ1n) is 11.7. The highest BCUT2D eigenvalue weighted by Gasteiger charge is 2.34. The fourth-order valence-corrected chi connectivity index (χ4v) is 4.49. The second-order valence-corrected chi connectivity index (χ2v) is 8.62. The normalized spacial score (nSPS) is 14.9. The van der Waals surface area contributed by atoms with Crippen LogP contribution in [0.15, 0.2) is 96.4 Å². The van der Waals surface area contributed by atoms with Crippen LogP contribution in [0.4, 0.5) is 10.1 Å². The summed E-state index contributed by atoms with van der Waals surface area (Å²) >= 11 is 0. The number of imidazole rings is 1. The molecular weight excluding hydrogens is 507 g/mol. The van der Waals surface area contributed by atoms with E-state index in [9.17, 15) is 14.0 Å². The monoisotopic (exact) mass is 528 g/mol. The first kappa shape index (κ1) is 24.9. The Morgan fingerprint density at radius 3 is 2.50 bits per heavy atom. The molecule has 190 valence electrons. The number of aromatic nitrogens is 3. The van der Waals surface area contributed by atoms with Crippen molar-refractivity contribution >= 4 is 46.5 Å². The molecule has 3 aromatic carbocycles. The van der Waals surface area contributed by atoms with Crippen LogP contribution in [0, 0.1) is 5.82 Å². The van der Waals surface area contributed by atoms with E-state index in [1.807, 2.05) is 24.3 Å². The molecule has 0 saturated carbocycles. The van der Waals surface area contributed by atoms with Gasteiger partial charge < -0.3 is 20.2 Å². The lowest BCUT2D eigenvalue weighted by Gasteiger charge is -2.25. The van der Waals surface area contributed by atoms with Crippen molar-refractivity contribution in [3.8, 4) is 0 Å². The SMILES string of the molecule is Cl.O=C(N[C@H]1N=C(c2ccccc2F)c2ccccc2N(Cc2cnc[nH]2)C1=O)c1cc2ccccc2[nH]1. The van der Waals surface area contributed by atoms with Gasteiger partial charge in [-0.3, -0.25) is 9.59 Å². The van der Waals surface area contributed by atoms with Crippen molar-refractivity contribution in [1.82, 2.24) is 20.3 Å². The average Bonchev–Trinajstić information content (AvgIpc) is 3.58. The molecular formula is C28H22ClFN6O2. The number of H-pyrrole nitrogens is 2. The van der Waals surface area contributed by atoms with Crippen molar-refractivity contribution in [2.45, 2.75) is 12.7 Å². The van der Waals surface area contributed by atoms with E-state index >= 15 is 0 Å². The van der Waals surface area contributed by atoms with E-state index in [1.165, 1.54) is 17.3 Å². The average molecular weight is 529 g/mol. The molecule has 5 aromatic rings. The summed E-state index contributed by atoms with van der Waals surface area (Å²) in [7, 11) is 0. The van der Waals surface area contributed by atoms with Gasteiger partial charge in [0.05, 0.1) is 30.0 Å². The first-order valence-corrected chi connectivity index (χ1v) is 11.7. The van der Waals surface area contributed by atoms with Crippen molar-refractivity contribution in [2.75, 3.05) is 4.90 Å². The highest BCUT2D eigenvalue weighted by molar-refractivity contribution is 6.20. The Balaban J connectivity index is 0.00000294. The van der Waals surface area contributed by atoms with Gasteiger partial charge in [-0.15, -0.1) is 12.4 Å². The molecule has 0 bridgehead atoms. The highest BCUT2D eigenvalue weighted by atomic mass is 35.5. The minimum Gasteiger partial charge on any atom is -0.351 e. The predicted molar refractivity (Wildman–Crippen MR) is 145 cm³/mol. The van der Waals surface area contributed by atoms with Crippen LogP contribution < -0.4 is 10.2 Å². The lowest BCUT2D eigenvalue weighted by Crippen LogP contribution is -2.47. The number of anilines is 1. The van der Waals surface area contributed by atoms with E-state index in [4.69, 9.17) is 0 Å². The molecule has 0 unspecified atom stereocenters. The molecule has 1 aliphatic rings. The number of aromatic amines is 2. The Kier molecular flexibility index (Phi) is 6.76. The van der Waals surface area contributed by atoms with Gasteiger partial charge in [0.2, 0.25) is 6.17 Å². The summed E-state index contributed by atoms with van der Waals surface area (Å²) in [6.45, 7) is 0.161. The number of amides is 2. The third kappa shape index (κ3) is 4.55. The predicted octanol–water partition coefficient (Wildman–Crippen LogP) is 4.59. The molecule has 3 N–H and O–H groups in total. The van der Waals surface area contributed by atoms with E-state index in [2.05, 4.69) is 25.3 Å². The smallest absolute Gasteiger partial charge is 0.272 e. The van der Waals surface area contributed by atoms with Gasteiger partial charge in [-0.05, 0) is 30.3 Å². The van der Waals surface area contributed by atoms with Crippen molar-refractivity contribution < 1.29 is 14.0 Å². The Morgan fingerprint density at radius 1 is 1.00 bits per heavy atom. The van der Waals surface area contributed by atoms with Crippen LogP contribution in [0.25, 0.3) is 10.9 Å². The van der Waals surface area contributed by atoms with E-state index in [0.29, 0.717) is 22.6 Å². The molecule has 2 aromatic heterocycles. The summed E-state index contributed by atoms with van der Waals surface area (Å²) in [5.74, 6) is -1.44. The second kappa shape index (κ2) is 10.3. The summed E-state index contributed by atoms with van der Waals surface area (Å²) in [4.78, 5) is 43.5. The molecule has 0 radical (unpaired) electrons. The van der Waals surface area contributed by atoms with Gasteiger partial charge in [0.25, 0.3) is 11.8 Å². The molecule has 2 amide bonds. The van der Waals surface area contributed by atoms with Crippen molar-refractivity contribution in [3.05, 3.63) is 120 Å². The Bertz CT molecular complexity index is 1630. The van der Waals surface area contributed by atoms with Gasteiger partial charge in [0.1, 0.15) is 11.5 Å². The second-order valence-electron chi connectivity index (χ2n) is 8.62. The molecule has 1 atom stereocenters. The topological polar surface area (TPSA) is 106 Å². The number of aliphatic imine (C=N–C) groups is 1. The van der Waals surface area contributed by atoms with Crippen molar-refractivity contribution in [1.29, 1.82) is 0 Å². The molecule has 1 aliphatic heterocycles. The molecule has 6 rings (SSSR count). The minimum atomic E-state index is -1.30. The lowest BCUT2D eigenvalue weighted by molar-refractivity contribution is -0.120. The number of benzene rings is 3. The zero-order valence-corrected chi connectivity index (χ0v) is 20.7. The number of carbonyl (C=O) groups excluding carboxylic acids is 2. The number of para-hydroxylation sites is 2. The number of hydrogen-bond donors (Lipinski definition) is 3. The molecule has 10 heteroatoms. The van der Waals surface area contributed by atoms with Crippen LogP contribution in [0.1, 0.15) is 27.3 Å². The third-order valence-corrected chi connectivity index (χ3v) is 6.26. The molecule has 38 heavy (non-hydrogen) atoms. The molecule has 0 aliphatic carbocycles. The summed E-state index contributed by atoms with van der Waals surface area (Å²) < 4.78 is 15.0. The number of nitrogens with one attached hydrogen (secondary N) is 3.